The molecule has 1 aromatic carbocycles. The zero-order valence-electron chi connectivity index (χ0n) is 13.5. The van der Waals surface area contributed by atoms with Crippen LogP contribution in [0.1, 0.15) is 12.8 Å². The van der Waals surface area contributed by atoms with E-state index < -0.39 is 6.03 Å². The van der Waals surface area contributed by atoms with E-state index in [1.807, 2.05) is 36.4 Å². The molecule has 25 heavy (non-hydrogen) atoms. The van der Waals surface area contributed by atoms with Gasteiger partial charge in [0.25, 0.3) is 0 Å². The highest BCUT2D eigenvalue weighted by Gasteiger charge is 2.30. The predicted octanol–water partition coefficient (Wildman–Crippen LogP) is 2.30. The van der Waals surface area contributed by atoms with Crippen molar-refractivity contribution in [1.29, 1.82) is 0 Å². The van der Waals surface area contributed by atoms with Crippen LogP contribution >= 0.6 is 0 Å². The number of nitrogens with two attached hydrogens (primary N) is 1. The number of hydrogen-bond acceptors (Lipinski definition) is 5. The Morgan fingerprint density at radius 2 is 1.80 bits per heavy atom. The zero-order valence-corrected chi connectivity index (χ0v) is 13.5. The molecule has 1 saturated carbocycles. The summed E-state index contributed by atoms with van der Waals surface area (Å²) in [5.74, 6) is 1.47. The van der Waals surface area contributed by atoms with E-state index in [2.05, 4.69) is 20.6 Å². The molecule has 0 radical (unpaired) electrons. The monoisotopic (exact) mass is 334 g/mol. The maximum absolute atomic E-state index is 10.9. The number of carbonyl (C=O) groups excluding carboxylic acids is 1. The number of carbonyl (C=O) groups is 1. The molecule has 4 N–H and O–H groups in total. The minimum absolute atomic E-state index is 0.128. The molecule has 1 aliphatic rings. The Kier molecular flexibility index (Phi) is 3.89. The van der Waals surface area contributed by atoms with E-state index in [1.54, 1.807) is 12.4 Å². The van der Waals surface area contributed by atoms with Crippen LogP contribution < -0.4 is 16.4 Å². The third-order valence-electron chi connectivity index (χ3n) is 4.37. The Labute approximate surface area is 144 Å². The second-order valence-electron chi connectivity index (χ2n) is 6.17. The second-order valence-corrected chi connectivity index (χ2v) is 6.17. The van der Waals surface area contributed by atoms with Crippen molar-refractivity contribution in [3.05, 3.63) is 48.8 Å². The van der Waals surface area contributed by atoms with Gasteiger partial charge in [0.05, 0.1) is 5.52 Å². The number of benzene rings is 1. The Morgan fingerprint density at radius 1 is 1.04 bits per heavy atom. The molecule has 0 aliphatic heterocycles. The molecule has 2 heterocycles. The molecule has 0 spiro atoms. The van der Waals surface area contributed by atoms with Crippen molar-refractivity contribution < 1.29 is 4.79 Å². The zero-order chi connectivity index (χ0) is 17.2. The summed E-state index contributed by atoms with van der Waals surface area (Å²) in [6.45, 7) is 0. The van der Waals surface area contributed by atoms with Crippen molar-refractivity contribution in [2.24, 2.45) is 5.73 Å². The summed E-state index contributed by atoms with van der Waals surface area (Å²) in [5.41, 5.74) is 6.97. The summed E-state index contributed by atoms with van der Waals surface area (Å²) in [6.07, 6.45) is 5.11. The van der Waals surface area contributed by atoms with Gasteiger partial charge in [0.15, 0.2) is 5.82 Å². The first-order valence-corrected chi connectivity index (χ1v) is 8.19. The molecule has 4 rings (SSSR count). The average Bonchev–Trinajstić information content (AvgIpc) is 2.60. The van der Waals surface area contributed by atoms with Crippen LogP contribution in [0.4, 0.5) is 10.6 Å². The third-order valence-corrected chi connectivity index (χ3v) is 4.37. The molecule has 2 amide bonds. The second kappa shape index (κ2) is 6.35. The van der Waals surface area contributed by atoms with Gasteiger partial charge in [0.1, 0.15) is 5.82 Å². The summed E-state index contributed by atoms with van der Waals surface area (Å²) in [4.78, 5) is 24.3. The first kappa shape index (κ1) is 15.3. The summed E-state index contributed by atoms with van der Waals surface area (Å²) in [5, 5.41) is 7.18. The third kappa shape index (κ3) is 3.21. The normalized spacial score (nSPS) is 19.2. The molecule has 0 bridgehead atoms. The molecule has 2 aromatic heterocycles. The number of hydrogen-bond donors (Lipinski definition) is 3. The van der Waals surface area contributed by atoms with Gasteiger partial charge in [-0.2, -0.15) is 0 Å². The lowest BCUT2D eigenvalue weighted by molar-refractivity contribution is 0.233. The van der Waals surface area contributed by atoms with E-state index in [1.165, 1.54) is 0 Å². The Bertz CT molecular complexity index is 908. The Balaban J connectivity index is 1.62. The number of fused-ring (bicyclic) bond motifs is 1. The highest BCUT2D eigenvalue weighted by Crippen LogP contribution is 2.29. The van der Waals surface area contributed by atoms with Crippen molar-refractivity contribution >= 4 is 22.8 Å². The molecule has 126 valence electrons. The smallest absolute Gasteiger partial charge is 0.312 e. The molecular formula is C18H18N6O. The lowest BCUT2D eigenvalue weighted by Gasteiger charge is -2.36. The van der Waals surface area contributed by atoms with Gasteiger partial charge in [-0.3, -0.25) is 4.98 Å². The molecule has 7 nitrogen and oxygen atoms in total. The van der Waals surface area contributed by atoms with Crippen molar-refractivity contribution in [2.45, 2.75) is 24.9 Å². The molecule has 1 aliphatic carbocycles. The number of primary amides is 1. The van der Waals surface area contributed by atoms with E-state index >= 15 is 0 Å². The van der Waals surface area contributed by atoms with Gasteiger partial charge in [-0.05, 0) is 37.1 Å². The lowest BCUT2D eigenvalue weighted by atomic mass is 9.87. The Morgan fingerprint density at radius 3 is 2.56 bits per heavy atom. The van der Waals surface area contributed by atoms with E-state index in [4.69, 9.17) is 10.7 Å². The summed E-state index contributed by atoms with van der Waals surface area (Å²) >= 11 is 0. The van der Waals surface area contributed by atoms with Crippen LogP contribution in [0.2, 0.25) is 0 Å². The first-order chi connectivity index (χ1) is 12.2. The van der Waals surface area contributed by atoms with E-state index in [0.29, 0.717) is 5.82 Å². The van der Waals surface area contributed by atoms with Crippen LogP contribution in [0.25, 0.3) is 22.3 Å². The minimum atomic E-state index is -0.476. The molecule has 7 heteroatoms. The number of urea groups is 1. The molecule has 0 saturated heterocycles. The molecular weight excluding hydrogens is 316 g/mol. The number of nitrogens with one attached hydrogen (secondary N) is 2. The van der Waals surface area contributed by atoms with Crippen molar-refractivity contribution in [1.82, 2.24) is 20.3 Å². The highest BCUT2D eigenvalue weighted by atomic mass is 16.2. The highest BCUT2D eigenvalue weighted by molar-refractivity contribution is 5.90. The summed E-state index contributed by atoms with van der Waals surface area (Å²) in [7, 11) is 0. The molecule has 1 fully saturated rings. The van der Waals surface area contributed by atoms with Crippen molar-refractivity contribution in [3.63, 3.8) is 0 Å². The lowest BCUT2D eigenvalue weighted by Crippen LogP contribution is -2.51. The van der Waals surface area contributed by atoms with Crippen molar-refractivity contribution in [3.8, 4) is 11.4 Å². The topological polar surface area (TPSA) is 106 Å². The Hall–Kier alpha value is -3.22. The van der Waals surface area contributed by atoms with Gasteiger partial charge in [0, 0.05) is 35.4 Å². The number of anilines is 1. The predicted molar refractivity (Wildman–Crippen MR) is 95.9 cm³/mol. The van der Waals surface area contributed by atoms with Gasteiger partial charge in [0.2, 0.25) is 0 Å². The summed E-state index contributed by atoms with van der Waals surface area (Å²) in [6, 6.07) is 11.6. The number of nitrogens with zero attached hydrogens (tertiary/aromatic N) is 3. The molecule has 0 atom stereocenters. The average molecular weight is 334 g/mol. The molecule has 3 aromatic rings. The van der Waals surface area contributed by atoms with Crippen LogP contribution in [-0.2, 0) is 0 Å². The fraction of sp³-hybridized carbons (Fsp3) is 0.222. The standard InChI is InChI=1S/C18H18N6O/c19-18(25)22-13-9-12(10-13)21-17-14-3-1-2-4-15(14)23-16(24-17)11-5-7-20-8-6-11/h1-8,12-13H,9-10H2,(H3,19,22,25)(H,21,23,24). The van der Waals surface area contributed by atoms with Crippen LogP contribution in [0.5, 0.6) is 0 Å². The maximum Gasteiger partial charge on any atom is 0.312 e. The number of pyridine rings is 1. The van der Waals surface area contributed by atoms with Gasteiger partial charge in [-0.1, -0.05) is 12.1 Å². The SMILES string of the molecule is NC(=O)NC1CC(Nc2nc(-c3ccncc3)nc3ccccc23)C1. The fourth-order valence-electron chi connectivity index (χ4n) is 3.06. The van der Waals surface area contributed by atoms with Crippen LogP contribution in [0.3, 0.4) is 0 Å². The number of amides is 2. The van der Waals surface area contributed by atoms with Gasteiger partial charge in [-0.25, -0.2) is 14.8 Å². The number of aromatic nitrogens is 3. The van der Waals surface area contributed by atoms with Gasteiger partial charge >= 0.3 is 6.03 Å². The largest absolute Gasteiger partial charge is 0.367 e. The van der Waals surface area contributed by atoms with Crippen molar-refractivity contribution in [2.75, 3.05) is 5.32 Å². The van der Waals surface area contributed by atoms with Crippen LogP contribution in [0.15, 0.2) is 48.8 Å². The first-order valence-electron chi connectivity index (χ1n) is 8.19. The number of rotatable bonds is 4. The number of para-hydroxylation sites is 1. The fourth-order valence-corrected chi connectivity index (χ4v) is 3.06. The van der Waals surface area contributed by atoms with Crippen LogP contribution in [0, 0.1) is 0 Å². The summed E-state index contributed by atoms with van der Waals surface area (Å²) < 4.78 is 0. The quantitative estimate of drug-likeness (QED) is 0.679. The van der Waals surface area contributed by atoms with Gasteiger partial charge in [-0.15, -0.1) is 0 Å². The van der Waals surface area contributed by atoms with Crippen LogP contribution in [-0.4, -0.2) is 33.1 Å². The van der Waals surface area contributed by atoms with E-state index in [0.717, 1.165) is 35.1 Å². The minimum Gasteiger partial charge on any atom is -0.367 e. The molecule has 0 unspecified atom stereocenters. The maximum atomic E-state index is 10.9. The van der Waals surface area contributed by atoms with Gasteiger partial charge < -0.3 is 16.4 Å². The van der Waals surface area contributed by atoms with E-state index in [-0.39, 0.29) is 12.1 Å². The van der Waals surface area contributed by atoms with E-state index in [9.17, 15) is 4.79 Å².